The van der Waals surface area contributed by atoms with Crippen molar-refractivity contribution in [2.24, 2.45) is 0 Å². The molecule has 6 rings (SSSR count). The van der Waals surface area contributed by atoms with Crippen LogP contribution >= 0.6 is 23.1 Å². The predicted molar refractivity (Wildman–Crippen MR) is 163 cm³/mol. The van der Waals surface area contributed by atoms with Crippen LogP contribution < -0.4 is 10.6 Å². The maximum atomic E-state index is 13.4. The van der Waals surface area contributed by atoms with Gasteiger partial charge in [-0.1, -0.05) is 66.4 Å². The predicted octanol–water partition coefficient (Wildman–Crippen LogP) is 6.48. The van der Waals surface area contributed by atoms with Crippen molar-refractivity contribution < 1.29 is 14.0 Å². The van der Waals surface area contributed by atoms with Gasteiger partial charge in [-0.25, -0.2) is 0 Å². The molecule has 2 aromatic carbocycles. The quantitative estimate of drug-likeness (QED) is 0.144. The van der Waals surface area contributed by atoms with Gasteiger partial charge in [0.2, 0.25) is 11.7 Å². The highest BCUT2D eigenvalue weighted by Crippen LogP contribution is 2.38. The lowest BCUT2D eigenvalue weighted by molar-refractivity contribution is -0.113. The zero-order valence-corrected chi connectivity index (χ0v) is 24.0. The average molecular weight is 584 g/mol. The number of aryl methyl sites for hydroxylation is 1. The fourth-order valence-electron chi connectivity index (χ4n) is 5.02. The number of para-hydroxylation sites is 1. The molecule has 2 N–H and O–H groups in total. The van der Waals surface area contributed by atoms with E-state index in [0.717, 1.165) is 47.8 Å². The number of rotatable bonds is 10. The molecular formula is C31H29N5O3S2. The van der Waals surface area contributed by atoms with Crippen LogP contribution in [0, 0.1) is 0 Å². The van der Waals surface area contributed by atoms with Crippen molar-refractivity contribution in [2.75, 3.05) is 11.1 Å². The summed E-state index contributed by atoms with van der Waals surface area (Å²) < 4.78 is 7.88. The second kappa shape index (κ2) is 12.2. The van der Waals surface area contributed by atoms with Gasteiger partial charge < -0.3 is 15.1 Å². The minimum absolute atomic E-state index is 0.114. The van der Waals surface area contributed by atoms with E-state index in [-0.39, 0.29) is 17.6 Å². The van der Waals surface area contributed by atoms with Gasteiger partial charge in [-0.2, -0.15) is 0 Å². The number of hydrogen-bond acceptors (Lipinski definition) is 7. The molecule has 0 aliphatic heterocycles. The summed E-state index contributed by atoms with van der Waals surface area (Å²) in [5.74, 6) is 0.935. The largest absolute Gasteiger partial charge is 0.453 e. The van der Waals surface area contributed by atoms with Crippen LogP contribution in [0.1, 0.15) is 39.2 Å². The Bertz CT molecular complexity index is 1690. The van der Waals surface area contributed by atoms with E-state index in [2.05, 4.69) is 27.4 Å². The van der Waals surface area contributed by atoms with Crippen molar-refractivity contribution in [1.82, 2.24) is 20.1 Å². The summed E-state index contributed by atoms with van der Waals surface area (Å²) in [6, 6.07) is 19.5. The van der Waals surface area contributed by atoms with E-state index in [1.54, 1.807) is 6.08 Å². The monoisotopic (exact) mass is 583 g/mol. The van der Waals surface area contributed by atoms with E-state index in [9.17, 15) is 9.59 Å². The Labute approximate surface area is 245 Å². The Morgan fingerprint density at radius 1 is 1.07 bits per heavy atom. The van der Waals surface area contributed by atoms with Crippen LogP contribution in [0.25, 0.3) is 22.6 Å². The molecule has 0 spiro atoms. The van der Waals surface area contributed by atoms with E-state index in [1.165, 1.54) is 28.0 Å². The van der Waals surface area contributed by atoms with Crippen LogP contribution in [0.4, 0.5) is 5.00 Å². The molecule has 0 saturated heterocycles. The number of fused-ring (bicyclic) bond motifs is 2. The first kappa shape index (κ1) is 27.0. The fraction of sp³-hybridized carbons (Fsp3) is 0.226. The lowest BCUT2D eigenvalue weighted by Gasteiger charge is -2.13. The van der Waals surface area contributed by atoms with Crippen molar-refractivity contribution in [3.05, 3.63) is 94.9 Å². The molecule has 0 atom stereocenters. The van der Waals surface area contributed by atoms with Crippen molar-refractivity contribution in [3.8, 4) is 11.6 Å². The third kappa shape index (κ3) is 5.84. The molecule has 5 aromatic rings. The second-order valence-corrected chi connectivity index (χ2v) is 11.8. The van der Waals surface area contributed by atoms with Crippen LogP contribution in [0.2, 0.25) is 0 Å². The number of amides is 2. The van der Waals surface area contributed by atoms with Gasteiger partial charge in [0, 0.05) is 23.4 Å². The zero-order valence-electron chi connectivity index (χ0n) is 22.4. The van der Waals surface area contributed by atoms with Gasteiger partial charge in [0.25, 0.3) is 5.91 Å². The van der Waals surface area contributed by atoms with Crippen LogP contribution in [-0.2, 0) is 30.7 Å². The highest BCUT2D eigenvalue weighted by Gasteiger charge is 2.27. The second-order valence-electron chi connectivity index (χ2n) is 9.77. The van der Waals surface area contributed by atoms with Gasteiger partial charge in [-0.15, -0.1) is 28.1 Å². The summed E-state index contributed by atoms with van der Waals surface area (Å²) >= 11 is 2.80. The summed E-state index contributed by atoms with van der Waals surface area (Å²) in [6.07, 6.45) is 5.67. The molecule has 3 heterocycles. The number of benzene rings is 2. The number of allylic oxidation sites excluding steroid dienone is 1. The van der Waals surface area contributed by atoms with Gasteiger partial charge in [0.1, 0.15) is 10.6 Å². The molecule has 0 saturated carbocycles. The topological polar surface area (TPSA) is 102 Å². The maximum Gasteiger partial charge on any atom is 0.254 e. The van der Waals surface area contributed by atoms with Crippen LogP contribution in [0.3, 0.4) is 0 Å². The molecule has 0 fully saturated rings. The standard InChI is InChI=1S/C31H29N5O3S2/c1-2-16-36-28(24-17-21-12-6-8-14-23(21)39-24)34-35-31(36)40-19-26(37)33-30-27(22-13-7-9-15-25(22)41-30)29(38)32-18-20-10-4-3-5-11-20/h2-6,8,10-12,14,17H,1,7,9,13,15-16,18-19H2,(H,32,38)(H,33,37). The normalized spacial score (nSPS) is 12.7. The van der Waals surface area contributed by atoms with E-state index < -0.39 is 0 Å². The first-order chi connectivity index (χ1) is 20.1. The molecule has 1 aliphatic carbocycles. The lowest BCUT2D eigenvalue weighted by atomic mass is 9.95. The zero-order chi connectivity index (χ0) is 28.2. The summed E-state index contributed by atoms with van der Waals surface area (Å²) in [6.45, 7) is 4.76. The summed E-state index contributed by atoms with van der Waals surface area (Å²) in [7, 11) is 0. The average Bonchev–Trinajstić information content (AvgIpc) is 3.70. The SMILES string of the molecule is C=CCn1c(SCC(=O)Nc2sc3c(c2C(=O)NCc2ccccc2)CCCC3)nnc1-c1cc2ccccc2o1. The number of thiophene rings is 1. The highest BCUT2D eigenvalue weighted by molar-refractivity contribution is 7.99. The Morgan fingerprint density at radius 2 is 1.88 bits per heavy atom. The maximum absolute atomic E-state index is 13.4. The molecule has 1 aliphatic rings. The summed E-state index contributed by atoms with van der Waals surface area (Å²) in [4.78, 5) is 27.7. The molecule has 2 amide bonds. The minimum Gasteiger partial charge on any atom is -0.453 e. The third-order valence-corrected chi connectivity index (χ3v) is 9.13. The Hall–Kier alpha value is -4.15. The number of carbonyl (C=O) groups is 2. The number of hydrogen-bond donors (Lipinski definition) is 2. The Balaban J connectivity index is 1.17. The Kier molecular flexibility index (Phi) is 8.02. The van der Waals surface area contributed by atoms with Crippen molar-refractivity contribution in [2.45, 2.75) is 43.9 Å². The number of thioether (sulfide) groups is 1. The van der Waals surface area contributed by atoms with E-state index in [1.807, 2.05) is 65.2 Å². The summed E-state index contributed by atoms with van der Waals surface area (Å²) in [5.41, 5.74) is 3.46. The first-order valence-electron chi connectivity index (χ1n) is 13.5. The number of carbonyl (C=O) groups excluding carboxylic acids is 2. The summed E-state index contributed by atoms with van der Waals surface area (Å²) in [5, 5.41) is 16.9. The number of aromatic nitrogens is 3. The van der Waals surface area contributed by atoms with E-state index in [4.69, 9.17) is 4.42 Å². The lowest BCUT2D eigenvalue weighted by Crippen LogP contribution is -2.25. The van der Waals surface area contributed by atoms with Gasteiger partial charge in [-0.05, 0) is 48.9 Å². The molecule has 0 unspecified atom stereocenters. The van der Waals surface area contributed by atoms with Crippen LogP contribution in [0.5, 0.6) is 0 Å². The smallest absolute Gasteiger partial charge is 0.254 e. The molecular weight excluding hydrogens is 555 g/mol. The molecule has 3 aromatic heterocycles. The van der Waals surface area contributed by atoms with Crippen LogP contribution in [0.15, 0.2) is 82.9 Å². The minimum atomic E-state index is -0.204. The molecule has 10 heteroatoms. The number of anilines is 1. The number of nitrogens with zero attached hydrogens (tertiary/aromatic N) is 3. The van der Waals surface area contributed by atoms with Crippen molar-refractivity contribution >= 4 is 50.9 Å². The van der Waals surface area contributed by atoms with Gasteiger partial charge in [-0.3, -0.25) is 14.2 Å². The molecule has 0 radical (unpaired) electrons. The number of nitrogens with one attached hydrogen (secondary N) is 2. The van der Waals surface area contributed by atoms with Gasteiger partial charge >= 0.3 is 0 Å². The highest BCUT2D eigenvalue weighted by atomic mass is 32.2. The molecule has 41 heavy (non-hydrogen) atoms. The fourth-order valence-corrected chi connectivity index (χ4v) is 7.07. The molecule has 0 bridgehead atoms. The van der Waals surface area contributed by atoms with E-state index >= 15 is 0 Å². The molecule has 8 nitrogen and oxygen atoms in total. The number of furan rings is 1. The van der Waals surface area contributed by atoms with Gasteiger partial charge in [0.05, 0.1) is 11.3 Å². The van der Waals surface area contributed by atoms with Crippen molar-refractivity contribution in [1.29, 1.82) is 0 Å². The van der Waals surface area contributed by atoms with Gasteiger partial charge in [0.15, 0.2) is 10.9 Å². The van der Waals surface area contributed by atoms with E-state index in [0.29, 0.717) is 40.4 Å². The Morgan fingerprint density at radius 3 is 2.71 bits per heavy atom. The first-order valence-corrected chi connectivity index (χ1v) is 15.3. The van der Waals surface area contributed by atoms with Crippen LogP contribution in [-0.4, -0.2) is 32.3 Å². The molecule has 208 valence electrons. The third-order valence-electron chi connectivity index (χ3n) is 6.95. The van der Waals surface area contributed by atoms with Crippen molar-refractivity contribution in [3.63, 3.8) is 0 Å².